The van der Waals surface area contributed by atoms with Crippen LogP contribution in [0.5, 0.6) is 0 Å². The van der Waals surface area contributed by atoms with Crippen LogP contribution < -0.4 is 5.32 Å². The first kappa shape index (κ1) is 13.1. The number of amides is 1. The van der Waals surface area contributed by atoms with Gasteiger partial charge >= 0.3 is 5.97 Å². The smallest absolute Gasteiger partial charge is 0.310 e. The fraction of sp³-hybridized carbons (Fsp3) is 0.286. The number of carbonyl (C=O) groups is 2. The van der Waals surface area contributed by atoms with Gasteiger partial charge in [0.05, 0.1) is 18.1 Å². The predicted octanol–water partition coefficient (Wildman–Crippen LogP) is 1.93. The molecular weight excluding hydrogens is 282 g/mol. The number of rotatable bonds is 3. The Kier molecular flexibility index (Phi) is 3.23. The lowest BCUT2D eigenvalue weighted by Gasteiger charge is -2.21. The molecule has 0 unspecified atom stereocenters. The zero-order chi connectivity index (χ0) is 14.3. The van der Waals surface area contributed by atoms with Crippen LogP contribution in [0.2, 0.25) is 5.02 Å². The molecule has 1 fully saturated rings. The zero-order valence-corrected chi connectivity index (χ0v) is 11.1. The van der Waals surface area contributed by atoms with Crippen molar-refractivity contribution in [1.82, 2.24) is 0 Å². The molecule has 5 nitrogen and oxygen atoms in total. The van der Waals surface area contributed by atoms with Crippen molar-refractivity contribution in [2.45, 2.75) is 12.2 Å². The number of carboxylic acid groups (broad SMARTS) is 1. The van der Waals surface area contributed by atoms with Crippen LogP contribution in [0.15, 0.2) is 36.4 Å². The molecule has 2 heterocycles. The van der Waals surface area contributed by atoms with Crippen molar-refractivity contribution in [1.29, 1.82) is 0 Å². The van der Waals surface area contributed by atoms with Gasteiger partial charge in [-0.3, -0.25) is 9.59 Å². The number of nitrogens with one attached hydrogen (secondary N) is 1. The van der Waals surface area contributed by atoms with E-state index in [4.69, 9.17) is 16.3 Å². The summed E-state index contributed by atoms with van der Waals surface area (Å²) in [7, 11) is 0. The van der Waals surface area contributed by atoms with Crippen molar-refractivity contribution in [2.24, 2.45) is 11.8 Å². The van der Waals surface area contributed by atoms with E-state index in [1.165, 1.54) is 0 Å². The van der Waals surface area contributed by atoms with E-state index < -0.39 is 30.0 Å². The molecule has 2 bridgehead atoms. The molecule has 0 saturated carbocycles. The maximum Gasteiger partial charge on any atom is 0.310 e. The summed E-state index contributed by atoms with van der Waals surface area (Å²) < 4.78 is 5.46. The number of hydrogen-bond donors (Lipinski definition) is 2. The molecule has 4 atom stereocenters. The third-order valence-corrected chi connectivity index (χ3v) is 3.81. The largest absolute Gasteiger partial charge is 0.481 e. The summed E-state index contributed by atoms with van der Waals surface area (Å²) >= 11 is 5.85. The first-order chi connectivity index (χ1) is 9.56. The Morgan fingerprint density at radius 3 is 2.55 bits per heavy atom. The minimum Gasteiger partial charge on any atom is -0.481 e. The SMILES string of the molecule is O=C(Nc1cccc(Cl)c1)[C@@H]1[C@H](C(=O)O)[C@H]2C=C[C@H]1O2. The predicted molar refractivity (Wildman–Crippen MR) is 72.5 cm³/mol. The molecule has 6 heteroatoms. The molecule has 2 aliphatic rings. The Morgan fingerprint density at radius 1 is 1.20 bits per heavy atom. The van der Waals surface area contributed by atoms with Crippen LogP contribution in [0, 0.1) is 11.8 Å². The maximum absolute atomic E-state index is 12.3. The highest BCUT2D eigenvalue weighted by Gasteiger charge is 2.53. The van der Waals surface area contributed by atoms with Crippen LogP contribution in [0.3, 0.4) is 0 Å². The highest BCUT2D eigenvalue weighted by molar-refractivity contribution is 6.30. The topological polar surface area (TPSA) is 75.6 Å². The van der Waals surface area contributed by atoms with Gasteiger partial charge in [0.15, 0.2) is 0 Å². The Balaban J connectivity index is 1.80. The average molecular weight is 294 g/mol. The molecule has 0 aromatic heterocycles. The van der Waals surface area contributed by atoms with Gasteiger partial charge in [0.2, 0.25) is 5.91 Å². The molecule has 0 radical (unpaired) electrons. The van der Waals surface area contributed by atoms with E-state index in [-0.39, 0.29) is 5.91 Å². The van der Waals surface area contributed by atoms with Crippen LogP contribution in [-0.4, -0.2) is 29.2 Å². The highest BCUT2D eigenvalue weighted by Crippen LogP contribution is 2.39. The van der Waals surface area contributed by atoms with Crippen molar-refractivity contribution in [3.8, 4) is 0 Å². The van der Waals surface area contributed by atoms with Gasteiger partial charge in [-0.2, -0.15) is 0 Å². The minimum atomic E-state index is -1.02. The normalized spacial score (nSPS) is 30.4. The number of benzene rings is 1. The van der Waals surface area contributed by atoms with Crippen LogP contribution in [0.25, 0.3) is 0 Å². The van der Waals surface area contributed by atoms with Gasteiger partial charge in [0.25, 0.3) is 0 Å². The highest BCUT2D eigenvalue weighted by atomic mass is 35.5. The number of hydrogen-bond acceptors (Lipinski definition) is 3. The van der Waals surface area contributed by atoms with Crippen molar-refractivity contribution >= 4 is 29.2 Å². The third kappa shape index (κ3) is 2.19. The number of halogens is 1. The lowest BCUT2D eigenvalue weighted by Crippen LogP contribution is -2.39. The molecule has 104 valence electrons. The van der Waals surface area contributed by atoms with Crippen LogP contribution in [-0.2, 0) is 14.3 Å². The number of carbonyl (C=O) groups excluding carboxylic acids is 1. The van der Waals surface area contributed by atoms with E-state index in [0.29, 0.717) is 10.7 Å². The molecule has 1 amide bonds. The van der Waals surface area contributed by atoms with Crippen molar-refractivity contribution < 1.29 is 19.4 Å². The summed E-state index contributed by atoms with van der Waals surface area (Å²) in [5.74, 6) is -2.95. The Bertz CT molecular complexity index is 601. The molecule has 1 aromatic rings. The molecule has 20 heavy (non-hydrogen) atoms. The molecule has 0 spiro atoms. The van der Waals surface area contributed by atoms with Gasteiger partial charge in [-0.05, 0) is 18.2 Å². The monoisotopic (exact) mass is 293 g/mol. The standard InChI is InChI=1S/C14H12ClNO4/c15-7-2-1-3-8(6-7)16-13(17)11-9-4-5-10(20-9)12(11)14(18)19/h1-6,9-12H,(H,16,17)(H,18,19)/t9-,10-,11+,12-/m1/s1. The van der Waals surface area contributed by atoms with Gasteiger partial charge in [-0.25, -0.2) is 0 Å². The van der Waals surface area contributed by atoms with Crippen LogP contribution in [0.1, 0.15) is 0 Å². The van der Waals surface area contributed by atoms with Gasteiger partial charge in [0, 0.05) is 10.7 Å². The van der Waals surface area contributed by atoms with Crippen molar-refractivity contribution in [3.63, 3.8) is 0 Å². The lowest BCUT2D eigenvalue weighted by atomic mass is 9.82. The number of fused-ring (bicyclic) bond motifs is 2. The van der Waals surface area contributed by atoms with Gasteiger partial charge in [-0.15, -0.1) is 0 Å². The van der Waals surface area contributed by atoms with E-state index in [1.807, 2.05) is 0 Å². The zero-order valence-electron chi connectivity index (χ0n) is 10.3. The second-order valence-electron chi connectivity index (χ2n) is 4.84. The van der Waals surface area contributed by atoms with Gasteiger partial charge in [-0.1, -0.05) is 29.8 Å². The second-order valence-corrected chi connectivity index (χ2v) is 5.28. The summed E-state index contributed by atoms with van der Waals surface area (Å²) in [5, 5.41) is 12.4. The van der Waals surface area contributed by atoms with Crippen LogP contribution >= 0.6 is 11.6 Å². The van der Waals surface area contributed by atoms with Crippen molar-refractivity contribution in [2.75, 3.05) is 5.32 Å². The quantitative estimate of drug-likeness (QED) is 0.835. The fourth-order valence-electron chi connectivity index (χ4n) is 2.71. The van der Waals surface area contributed by atoms with E-state index in [2.05, 4.69) is 5.32 Å². The second kappa shape index (κ2) is 4.92. The Labute approximate surface area is 120 Å². The minimum absolute atomic E-state index is 0.364. The third-order valence-electron chi connectivity index (χ3n) is 3.58. The number of aliphatic carboxylic acids is 1. The van der Waals surface area contributed by atoms with E-state index in [1.54, 1.807) is 36.4 Å². The summed E-state index contributed by atoms with van der Waals surface area (Å²) in [6.45, 7) is 0. The average Bonchev–Trinajstić information content (AvgIpc) is 2.98. The molecule has 2 aliphatic heterocycles. The molecule has 2 N–H and O–H groups in total. The Morgan fingerprint density at radius 2 is 1.90 bits per heavy atom. The van der Waals surface area contributed by atoms with E-state index >= 15 is 0 Å². The van der Waals surface area contributed by atoms with Gasteiger partial charge in [0.1, 0.15) is 5.92 Å². The maximum atomic E-state index is 12.3. The Hall–Kier alpha value is -1.85. The van der Waals surface area contributed by atoms with E-state index in [0.717, 1.165) is 0 Å². The van der Waals surface area contributed by atoms with E-state index in [9.17, 15) is 14.7 Å². The van der Waals surface area contributed by atoms with Crippen LogP contribution in [0.4, 0.5) is 5.69 Å². The van der Waals surface area contributed by atoms with Crippen molar-refractivity contribution in [3.05, 3.63) is 41.4 Å². The first-order valence-corrected chi connectivity index (χ1v) is 6.57. The lowest BCUT2D eigenvalue weighted by molar-refractivity contribution is -0.145. The summed E-state index contributed by atoms with van der Waals surface area (Å²) in [6.07, 6.45) is 2.45. The molecule has 3 rings (SSSR count). The summed E-state index contributed by atoms with van der Waals surface area (Å²) in [6, 6.07) is 6.72. The number of anilines is 1. The number of carboxylic acids is 1. The first-order valence-electron chi connectivity index (χ1n) is 6.19. The molecule has 1 aromatic carbocycles. The summed E-state index contributed by atoms with van der Waals surface area (Å²) in [4.78, 5) is 23.6. The fourth-order valence-corrected chi connectivity index (χ4v) is 2.90. The number of ether oxygens (including phenoxy) is 1. The van der Waals surface area contributed by atoms with Gasteiger partial charge < -0.3 is 15.2 Å². The molecular formula is C14H12ClNO4. The summed E-state index contributed by atoms with van der Waals surface area (Å²) in [5.41, 5.74) is 0.540. The molecule has 0 aliphatic carbocycles. The molecule has 1 saturated heterocycles.